The summed E-state index contributed by atoms with van der Waals surface area (Å²) in [6.45, 7) is 1.90. The summed E-state index contributed by atoms with van der Waals surface area (Å²) in [5.74, 6) is 0.575. The van der Waals surface area contributed by atoms with E-state index in [0.717, 1.165) is 25.4 Å². The molecule has 20 heavy (non-hydrogen) atoms. The Kier molecular flexibility index (Phi) is 4.06. The summed E-state index contributed by atoms with van der Waals surface area (Å²) in [5, 5.41) is 0. The summed E-state index contributed by atoms with van der Waals surface area (Å²) < 4.78 is 0. The van der Waals surface area contributed by atoms with Crippen molar-refractivity contribution >= 4 is 5.91 Å². The molecule has 108 valence electrons. The molecule has 1 aromatic carbocycles. The fourth-order valence-corrected chi connectivity index (χ4v) is 3.75. The topological polar surface area (TPSA) is 46.3 Å². The number of benzene rings is 1. The van der Waals surface area contributed by atoms with Crippen molar-refractivity contribution in [1.29, 1.82) is 0 Å². The van der Waals surface area contributed by atoms with E-state index in [1.54, 1.807) is 0 Å². The Hall–Kier alpha value is -1.35. The van der Waals surface area contributed by atoms with E-state index < -0.39 is 0 Å². The number of hydrogen-bond donors (Lipinski definition) is 1. The van der Waals surface area contributed by atoms with Crippen LogP contribution in [-0.2, 0) is 17.8 Å². The first-order valence-corrected chi connectivity index (χ1v) is 7.84. The van der Waals surface area contributed by atoms with E-state index in [-0.39, 0.29) is 11.9 Å². The molecule has 1 aromatic rings. The second-order valence-corrected chi connectivity index (χ2v) is 6.32. The minimum Gasteiger partial charge on any atom is -0.368 e. The lowest BCUT2D eigenvalue weighted by Gasteiger charge is -2.38. The van der Waals surface area contributed by atoms with Gasteiger partial charge in [0, 0.05) is 13.1 Å². The van der Waals surface area contributed by atoms with Gasteiger partial charge in [-0.05, 0) is 36.3 Å². The fraction of sp³-hybridized carbons (Fsp3) is 0.588. The van der Waals surface area contributed by atoms with Crippen LogP contribution in [0.4, 0.5) is 0 Å². The highest BCUT2D eigenvalue weighted by Crippen LogP contribution is 2.29. The summed E-state index contributed by atoms with van der Waals surface area (Å²) in [4.78, 5) is 14.1. The number of rotatable bonds is 3. The first kappa shape index (κ1) is 13.6. The third-order valence-corrected chi connectivity index (χ3v) is 4.89. The number of nitrogens with two attached hydrogens (primary N) is 1. The Bertz CT molecular complexity index is 480. The smallest absolute Gasteiger partial charge is 0.235 e. The third-order valence-electron chi connectivity index (χ3n) is 4.89. The molecule has 3 heteroatoms. The van der Waals surface area contributed by atoms with Crippen LogP contribution >= 0.6 is 0 Å². The third kappa shape index (κ3) is 2.88. The van der Waals surface area contributed by atoms with Gasteiger partial charge in [0.2, 0.25) is 5.91 Å². The van der Waals surface area contributed by atoms with E-state index in [1.807, 2.05) is 6.07 Å². The predicted molar refractivity (Wildman–Crippen MR) is 80.1 cm³/mol. The van der Waals surface area contributed by atoms with Crippen LogP contribution in [0.5, 0.6) is 0 Å². The molecule has 1 aliphatic carbocycles. The van der Waals surface area contributed by atoms with Crippen LogP contribution < -0.4 is 5.73 Å². The predicted octanol–water partition coefficient (Wildman–Crippen LogP) is 2.48. The zero-order chi connectivity index (χ0) is 13.9. The van der Waals surface area contributed by atoms with Crippen LogP contribution in [0.1, 0.15) is 43.2 Å². The first-order valence-electron chi connectivity index (χ1n) is 7.84. The molecule has 0 spiro atoms. The molecule has 1 saturated carbocycles. The van der Waals surface area contributed by atoms with Gasteiger partial charge in [-0.1, -0.05) is 43.5 Å². The molecule has 1 amide bonds. The van der Waals surface area contributed by atoms with Crippen LogP contribution in [-0.4, -0.2) is 23.4 Å². The van der Waals surface area contributed by atoms with Crippen LogP contribution in [0.15, 0.2) is 24.3 Å². The number of carbonyl (C=O) groups is 1. The molecular weight excluding hydrogens is 248 g/mol. The number of primary amides is 1. The van der Waals surface area contributed by atoms with Crippen molar-refractivity contribution in [3.63, 3.8) is 0 Å². The number of nitrogens with zero attached hydrogens (tertiary/aromatic N) is 1. The summed E-state index contributed by atoms with van der Waals surface area (Å²) in [6.07, 6.45) is 7.46. The van der Waals surface area contributed by atoms with Gasteiger partial charge in [-0.3, -0.25) is 9.69 Å². The standard InChI is InChI=1S/C17H24N2O/c18-17(20)16-10-14-8-4-5-9-15(14)12-19(16)11-13-6-2-1-3-7-13/h4-5,8-9,13,16H,1-3,6-7,10-12H2,(H2,18,20)/t16-/m1/s1. The van der Waals surface area contributed by atoms with Gasteiger partial charge in [-0.2, -0.15) is 0 Å². The van der Waals surface area contributed by atoms with Crippen LogP contribution in [0.2, 0.25) is 0 Å². The van der Waals surface area contributed by atoms with Gasteiger partial charge in [0.05, 0.1) is 6.04 Å². The lowest BCUT2D eigenvalue weighted by molar-refractivity contribution is -0.124. The maximum absolute atomic E-state index is 11.8. The maximum atomic E-state index is 11.8. The molecule has 0 bridgehead atoms. The monoisotopic (exact) mass is 272 g/mol. The second kappa shape index (κ2) is 5.96. The lowest BCUT2D eigenvalue weighted by Crippen LogP contribution is -2.50. The van der Waals surface area contributed by atoms with E-state index >= 15 is 0 Å². The molecule has 3 nitrogen and oxygen atoms in total. The molecule has 1 fully saturated rings. The summed E-state index contributed by atoms with van der Waals surface area (Å²) in [5.41, 5.74) is 8.29. The zero-order valence-electron chi connectivity index (χ0n) is 12.1. The highest BCUT2D eigenvalue weighted by atomic mass is 16.1. The summed E-state index contributed by atoms with van der Waals surface area (Å²) in [7, 11) is 0. The number of carbonyl (C=O) groups excluding carboxylic acids is 1. The Balaban J connectivity index is 1.75. The summed E-state index contributed by atoms with van der Waals surface area (Å²) in [6, 6.07) is 8.33. The van der Waals surface area contributed by atoms with E-state index in [1.165, 1.54) is 43.2 Å². The van der Waals surface area contributed by atoms with Gasteiger partial charge in [0.15, 0.2) is 0 Å². The summed E-state index contributed by atoms with van der Waals surface area (Å²) >= 11 is 0. The molecule has 2 aliphatic rings. The van der Waals surface area contributed by atoms with Crippen LogP contribution in [0.25, 0.3) is 0 Å². The maximum Gasteiger partial charge on any atom is 0.235 e. The second-order valence-electron chi connectivity index (χ2n) is 6.32. The van der Waals surface area contributed by atoms with E-state index in [4.69, 9.17) is 5.73 Å². The molecule has 0 saturated heterocycles. The van der Waals surface area contributed by atoms with E-state index in [2.05, 4.69) is 23.1 Å². The molecule has 0 radical (unpaired) electrons. The fourth-order valence-electron chi connectivity index (χ4n) is 3.75. The van der Waals surface area contributed by atoms with Gasteiger partial charge >= 0.3 is 0 Å². The minimum absolute atomic E-state index is 0.119. The van der Waals surface area contributed by atoms with Crippen molar-refractivity contribution in [2.45, 2.75) is 51.1 Å². The Morgan fingerprint density at radius 2 is 1.85 bits per heavy atom. The van der Waals surface area contributed by atoms with Gasteiger partial charge in [-0.25, -0.2) is 0 Å². The highest BCUT2D eigenvalue weighted by molar-refractivity contribution is 5.80. The molecule has 1 atom stereocenters. The van der Waals surface area contributed by atoms with Crippen molar-refractivity contribution in [2.75, 3.05) is 6.54 Å². The van der Waals surface area contributed by atoms with Gasteiger partial charge < -0.3 is 5.73 Å². The quantitative estimate of drug-likeness (QED) is 0.919. The number of fused-ring (bicyclic) bond motifs is 1. The lowest BCUT2D eigenvalue weighted by atomic mass is 9.87. The first-order chi connectivity index (χ1) is 9.74. The van der Waals surface area contributed by atoms with Gasteiger partial charge in [0.25, 0.3) is 0 Å². The van der Waals surface area contributed by atoms with Crippen molar-refractivity contribution in [3.05, 3.63) is 35.4 Å². The Morgan fingerprint density at radius 1 is 1.15 bits per heavy atom. The van der Waals surface area contributed by atoms with Crippen molar-refractivity contribution in [2.24, 2.45) is 11.7 Å². The number of amides is 1. The highest BCUT2D eigenvalue weighted by Gasteiger charge is 2.31. The van der Waals surface area contributed by atoms with Gasteiger partial charge in [-0.15, -0.1) is 0 Å². The molecule has 1 heterocycles. The van der Waals surface area contributed by atoms with Crippen molar-refractivity contribution < 1.29 is 4.79 Å². The SMILES string of the molecule is NC(=O)[C@H]1Cc2ccccc2CN1CC1CCCCC1. The van der Waals surface area contributed by atoms with E-state index in [9.17, 15) is 4.79 Å². The molecule has 0 unspecified atom stereocenters. The average molecular weight is 272 g/mol. The molecule has 2 N–H and O–H groups in total. The molecular formula is C17H24N2O. The minimum atomic E-state index is -0.171. The Morgan fingerprint density at radius 3 is 2.55 bits per heavy atom. The number of hydrogen-bond acceptors (Lipinski definition) is 2. The molecule has 1 aliphatic heterocycles. The van der Waals surface area contributed by atoms with E-state index in [0.29, 0.717) is 0 Å². The van der Waals surface area contributed by atoms with Crippen LogP contribution in [0.3, 0.4) is 0 Å². The van der Waals surface area contributed by atoms with Crippen molar-refractivity contribution in [1.82, 2.24) is 4.90 Å². The van der Waals surface area contributed by atoms with Crippen LogP contribution in [0, 0.1) is 5.92 Å². The molecule has 0 aromatic heterocycles. The Labute approximate surface area is 121 Å². The average Bonchev–Trinajstić information content (AvgIpc) is 2.47. The zero-order valence-corrected chi connectivity index (χ0v) is 12.1. The molecule has 3 rings (SSSR count). The largest absolute Gasteiger partial charge is 0.368 e. The normalized spacial score (nSPS) is 24.3. The van der Waals surface area contributed by atoms with Gasteiger partial charge in [0.1, 0.15) is 0 Å². The van der Waals surface area contributed by atoms with Crippen molar-refractivity contribution in [3.8, 4) is 0 Å².